The van der Waals surface area contributed by atoms with Crippen molar-refractivity contribution >= 4 is 11.9 Å². The van der Waals surface area contributed by atoms with Gasteiger partial charge in [0.25, 0.3) is 0 Å². The summed E-state index contributed by atoms with van der Waals surface area (Å²) in [6.45, 7) is 1.64. The highest BCUT2D eigenvalue weighted by atomic mass is 16.4. The highest BCUT2D eigenvalue weighted by Gasteiger charge is 2.42. The van der Waals surface area contributed by atoms with Crippen LogP contribution in [0.3, 0.4) is 0 Å². The number of rotatable bonds is 2. The van der Waals surface area contributed by atoms with Crippen molar-refractivity contribution < 1.29 is 9.21 Å². The molecule has 2 rings (SSSR count). The average molecular weight is 220 g/mol. The SMILES string of the molecule is Cc1nnc(NC(=O)C2(C#N)CCCC2)o1. The molecule has 1 saturated carbocycles. The van der Waals surface area contributed by atoms with Gasteiger partial charge in [-0.25, -0.2) is 0 Å². The summed E-state index contributed by atoms with van der Waals surface area (Å²) in [5.74, 6) is 0.0453. The van der Waals surface area contributed by atoms with Crippen molar-refractivity contribution in [3.63, 3.8) is 0 Å². The second-order valence-electron chi connectivity index (χ2n) is 3.98. The van der Waals surface area contributed by atoms with Crippen LogP contribution in [-0.4, -0.2) is 16.1 Å². The topological polar surface area (TPSA) is 91.8 Å². The van der Waals surface area contributed by atoms with Gasteiger partial charge in [-0.05, 0) is 12.8 Å². The van der Waals surface area contributed by atoms with Crippen LogP contribution in [0.5, 0.6) is 0 Å². The van der Waals surface area contributed by atoms with Crippen LogP contribution in [0.1, 0.15) is 31.6 Å². The number of nitrogens with one attached hydrogen (secondary N) is 1. The fraction of sp³-hybridized carbons (Fsp3) is 0.600. The fourth-order valence-electron chi connectivity index (χ4n) is 1.93. The van der Waals surface area contributed by atoms with E-state index in [9.17, 15) is 4.79 Å². The first-order valence-corrected chi connectivity index (χ1v) is 5.19. The Bertz CT molecular complexity index is 440. The maximum Gasteiger partial charge on any atom is 0.322 e. The zero-order valence-electron chi connectivity index (χ0n) is 8.99. The Labute approximate surface area is 92.7 Å². The highest BCUT2D eigenvalue weighted by Crippen LogP contribution is 2.38. The van der Waals surface area contributed by atoms with Crippen molar-refractivity contribution in [1.82, 2.24) is 10.2 Å². The van der Waals surface area contributed by atoms with Crippen LogP contribution in [0.4, 0.5) is 6.01 Å². The molecule has 1 amide bonds. The summed E-state index contributed by atoms with van der Waals surface area (Å²) in [5.41, 5.74) is -0.914. The third-order valence-electron chi connectivity index (χ3n) is 2.85. The van der Waals surface area contributed by atoms with E-state index in [2.05, 4.69) is 21.6 Å². The molecule has 1 aliphatic rings. The molecule has 0 aromatic carbocycles. The first-order chi connectivity index (χ1) is 7.66. The Hall–Kier alpha value is -1.90. The predicted molar refractivity (Wildman–Crippen MR) is 54.2 cm³/mol. The molecule has 1 aromatic rings. The molecule has 6 nitrogen and oxygen atoms in total. The smallest absolute Gasteiger partial charge is 0.322 e. The lowest BCUT2D eigenvalue weighted by Gasteiger charge is -2.17. The zero-order chi connectivity index (χ0) is 11.6. The zero-order valence-corrected chi connectivity index (χ0v) is 8.99. The molecule has 1 N–H and O–H groups in total. The average Bonchev–Trinajstić information content (AvgIpc) is 2.88. The number of hydrogen-bond donors (Lipinski definition) is 1. The van der Waals surface area contributed by atoms with Gasteiger partial charge < -0.3 is 4.42 Å². The number of aromatic nitrogens is 2. The summed E-state index contributed by atoms with van der Waals surface area (Å²) in [4.78, 5) is 11.9. The minimum Gasteiger partial charge on any atom is -0.408 e. The van der Waals surface area contributed by atoms with Gasteiger partial charge in [0, 0.05) is 6.92 Å². The van der Waals surface area contributed by atoms with Gasteiger partial charge in [-0.15, -0.1) is 5.10 Å². The maximum absolute atomic E-state index is 11.9. The molecule has 6 heteroatoms. The maximum atomic E-state index is 11.9. The molecule has 1 heterocycles. The Morgan fingerprint density at radius 3 is 2.69 bits per heavy atom. The Morgan fingerprint density at radius 1 is 1.50 bits per heavy atom. The van der Waals surface area contributed by atoms with E-state index in [4.69, 9.17) is 9.68 Å². The van der Waals surface area contributed by atoms with Crippen molar-refractivity contribution in [1.29, 1.82) is 5.26 Å². The molecule has 84 valence electrons. The van der Waals surface area contributed by atoms with Crippen molar-refractivity contribution in [2.75, 3.05) is 5.32 Å². The van der Waals surface area contributed by atoms with E-state index in [0.717, 1.165) is 12.8 Å². The molecule has 0 saturated heterocycles. The Morgan fingerprint density at radius 2 is 2.19 bits per heavy atom. The summed E-state index contributed by atoms with van der Waals surface area (Å²) in [6.07, 6.45) is 3.01. The fourth-order valence-corrected chi connectivity index (χ4v) is 1.93. The number of aryl methyl sites for hydroxylation is 1. The van der Waals surface area contributed by atoms with E-state index in [0.29, 0.717) is 18.7 Å². The largest absolute Gasteiger partial charge is 0.408 e. The van der Waals surface area contributed by atoms with Crippen LogP contribution in [-0.2, 0) is 4.79 Å². The van der Waals surface area contributed by atoms with Crippen molar-refractivity contribution in [2.45, 2.75) is 32.6 Å². The predicted octanol–water partition coefficient (Wildman–Crippen LogP) is 1.40. The van der Waals surface area contributed by atoms with E-state index in [1.165, 1.54) is 0 Å². The van der Waals surface area contributed by atoms with Crippen molar-refractivity contribution in [3.05, 3.63) is 5.89 Å². The third kappa shape index (κ3) is 1.76. The normalized spacial score (nSPS) is 18.0. The van der Waals surface area contributed by atoms with Crippen molar-refractivity contribution in [3.8, 4) is 6.07 Å². The van der Waals surface area contributed by atoms with E-state index in [-0.39, 0.29) is 11.9 Å². The summed E-state index contributed by atoms with van der Waals surface area (Å²) in [6, 6.07) is 2.16. The molecule has 0 atom stereocenters. The van der Waals surface area contributed by atoms with Gasteiger partial charge in [0.15, 0.2) is 0 Å². The van der Waals surface area contributed by atoms with E-state index < -0.39 is 5.41 Å². The lowest BCUT2D eigenvalue weighted by Crippen LogP contribution is -2.32. The second kappa shape index (κ2) is 3.93. The monoisotopic (exact) mass is 220 g/mol. The lowest BCUT2D eigenvalue weighted by molar-refractivity contribution is -0.122. The second-order valence-corrected chi connectivity index (χ2v) is 3.98. The molecule has 0 aliphatic heterocycles. The molecule has 16 heavy (non-hydrogen) atoms. The minimum absolute atomic E-state index is 0.0593. The standard InChI is InChI=1S/C10H12N4O2/c1-7-13-14-9(16-7)12-8(15)10(6-11)4-2-3-5-10/h2-5H2,1H3,(H,12,14,15). The van der Waals surface area contributed by atoms with Gasteiger partial charge in [0.05, 0.1) is 6.07 Å². The molecular weight excluding hydrogens is 208 g/mol. The number of anilines is 1. The molecule has 0 radical (unpaired) electrons. The summed E-state index contributed by atoms with van der Waals surface area (Å²) >= 11 is 0. The third-order valence-corrected chi connectivity index (χ3v) is 2.85. The number of carbonyl (C=O) groups is 1. The molecule has 1 aromatic heterocycles. The van der Waals surface area contributed by atoms with Crippen LogP contribution in [0, 0.1) is 23.7 Å². The van der Waals surface area contributed by atoms with Gasteiger partial charge in [-0.1, -0.05) is 17.9 Å². The number of amides is 1. The highest BCUT2D eigenvalue weighted by molar-refractivity contribution is 5.95. The molecule has 1 fully saturated rings. The van der Waals surface area contributed by atoms with Gasteiger partial charge >= 0.3 is 6.01 Å². The van der Waals surface area contributed by atoms with E-state index in [1.54, 1.807) is 6.92 Å². The van der Waals surface area contributed by atoms with E-state index in [1.807, 2.05) is 0 Å². The van der Waals surface area contributed by atoms with Gasteiger partial charge in [0.2, 0.25) is 11.8 Å². The molecule has 1 aliphatic carbocycles. The molecular formula is C10H12N4O2. The molecule has 0 spiro atoms. The van der Waals surface area contributed by atoms with Gasteiger partial charge in [0.1, 0.15) is 5.41 Å². The summed E-state index contributed by atoms with van der Waals surface area (Å²) in [7, 11) is 0. The van der Waals surface area contributed by atoms with Crippen LogP contribution >= 0.6 is 0 Å². The first-order valence-electron chi connectivity index (χ1n) is 5.19. The van der Waals surface area contributed by atoms with E-state index >= 15 is 0 Å². The molecule has 0 unspecified atom stereocenters. The van der Waals surface area contributed by atoms with Crippen LogP contribution in [0.2, 0.25) is 0 Å². The van der Waals surface area contributed by atoms with Gasteiger partial charge in [-0.3, -0.25) is 10.1 Å². The summed E-state index contributed by atoms with van der Waals surface area (Å²) < 4.78 is 5.04. The van der Waals surface area contributed by atoms with Crippen LogP contribution in [0.15, 0.2) is 4.42 Å². The first kappa shape index (κ1) is 10.6. The van der Waals surface area contributed by atoms with Crippen LogP contribution in [0.25, 0.3) is 0 Å². The lowest BCUT2D eigenvalue weighted by atomic mass is 9.87. The summed E-state index contributed by atoms with van der Waals surface area (Å²) in [5, 5.41) is 18.9. The minimum atomic E-state index is -0.914. The molecule has 0 bridgehead atoms. The van der Waals surface area contributed by atoms with Gasteiger partial charge in [-0.2, -0.15) is 5.26 Å². The Kier molecular flexibility index (Phi) is 2.60. The number of hydrogen-bond acceptors (Lipinski definition) is 5. The Balaban J connectivity index is 2.11. The quantitative estimate of drug-likeness (QED) is 0.813. The number of nitriles is 1. The number of carbonyl (C=O) groups excluding carboxylic acids is 1. The van der Waals surface area contributed by atoms with Crippen molar-refractivity contribution in [2.24, 2.45) is 5.41 Å². The number of nitrogens with zero attached hydrogens (tertiary/aromatic N) is 3. The van der Waals surface area contributed by atoms with Crippen LogP contribution < -0.4 is 5.32 Å².